The summed E-state index contributed by atoms with van der Waals surface area (Å²) in [6, 6.07) is 1.82. The molecule has 0 saturated carbocycles. The molecule has 1 aromatic rings. The third-order valence-corrected chi connectivity index (χ3v) is 5.57. The molecule has 0 amide bonds. The van der Waals surface area contributed by atoms with Crippen LogP contribution in [0.25, 0.3) is 0 Å². The number of aryl methyl sites for hydroxylation is 1. The number of hydrogen-bond acceptors (Lipinski definition) is 6. The van der Waals surface area contributed by atoms with E-state index in [0.29, 0.717) is 18.0 Å². The van der Waals surface area contributed by atoms with E-state index < -0.39 is 15.2 Å². The number of pyridine rings is 1. The number of rotatable bonds is 2. The molecule has 1 aromatic heterocycles. The molecule has 0 aliphatic carbocycles. The van der Waals surface area contributed by atoms with E-state index in [9.17, 15) is 8.42 Å². The zero-order valence-corrected chi connectivity index (χ0v) is 12.1. The second kappa shape index (κ2) is 4.97. The second-order valence-electron chi connectivity index (χ2n) is 4.46. The number of aromatic nitrogens is 1. The van der Waals surface area contributed by atoms with Crippen molar-refractivity contribution in [1.82, 2.24) is 4.98 Å². The van der Waals surface area contributed by atoms with Crippen molar-refractivity contribution in [2.75, 3.05) is 34.9 Å². The summed E-state index contributed by atoms with van der Waals surface area (Å²) in [6.45, 7) is 2.60. The van der Waals surface area contributed by atoms with Gasteiger partial charge in [0.15, 0.2) is 9.84 Å². The number of nitrogens with two attached hydrogens (primary N) is 1. The Kier molecular flexibility index (Phi) is 3.72. The van der Waals surface area contributed by atoms with Gasteiger partial charge >= 0.3 is 0 Å². The van der Waals surface area contributed by atoms with Crippen LogP contribution >= 0.6 is 11.8 Å². The Morgan fingerprint density at radius 1 is 1.56 bits per heavy atom. The first-order chi connectivity index (χ1) is 8.39. The largest absolute Gasteiger partial charge is 0.397 e. The Labute approximate surface area is 112 Å². The Morgan fingerprint density at radius 3 is 2.89 bits per heavy atom. The van der Waals surface area contributed by atoms with Gasteiger partial charge in [-0.3, -0.25) is 0 Å². The van der Waals surface area contributed by atoms with Crippen LogP contribution in [0.15, 0.2) is 12.3 Å². The van der Waals surface area contributed by atoms with Crippen molar-refractivity contribution in [3.05, 3.63) is 17.8 Å². The molecule has 0 radical (unpaired) electrons. The molecule has 0 bridgehead atoms. The van der Waals surface area contributed by atoms with E-state index in [2.05, 4.69) is 4.98 Å². The van der Waals surface area contributed by atoms with Gasteiger partial charge in [-0.15, -0.1) is 0 Å². The molecule has 1 atom stereocenters. The van der Waals surface area contributed by atoms with E-state index >= 15 is 0 Å². The summed E-state index contributed by atoms with van der Waals surface area (Å²) in [5.41, 5.74) is 7.18. The van der Waals surface area contributed by atoms with Crippen LogP contribution in [0.5, 0.6) is 0 Å². The first kappa shape index (κ1) is 13.5. The summed E-state index contributed by atoms with van der Waals surface area (Å²) >= 11 is 1.66. The summed E-state index contributed by atoms with van der Waals surface area (Å²) < 4.78 is 23.7. The van der Waals surface area contributed by atoms with Gasteiger partial charge in [-0.2, -0.15) is 11.8 Å². The third kappa shape index (κ3) is 2.72. The molecule has 100 valence electrons. The summed E-state index contributed by atoms with van der Waals surface area (Å²) in [5.74, 6) is 2.22. The topological polar surface area (TPSA) is 76.3 Å². The lowest BCUT2D eigenvalue weighted by atomic mass is 10.2. The zero-order valence-electron chi connectivity index (χ0n) is 10.5. The van der Waals surface area contributed by atoms with Gasteiger partial charge in [0.2, 0.25) is 0 Å². The molecular weight excluding hydrogens is 270 g/mol. The minimum atomic E-state index is -3.12. The van der Waals surface area contributed by atoms with Crippen molar-refractivity contribution in [3.8, 4) is 0 Å². The van der Waals surface area contributed by atoms with Crippen LogP contribution in [-0.2, 0) is 9.84 Å². The number of hydrogen-bond donors (Lipinski definition) is 1. The van der Waals surface area contributed by atoms with E-state index in [0.717, 1.165) is 17.1 Å². The van der Waals surface area contributed by atoms with Gasteiger partial charge < -0.3 is 10.6 Å². The average Bonchev–Trinajstić information content (AvgIpc) is 2.28. The summed E-state index contributed by atoms with van der Waals surface area (Å²) in [4.78, 5) is 6.17. The second-order valence-corrected chi connectivity index (χ2v) is 7.81. The average molecular weight is 287 g/mol. The summed E-state index contributed by atoms with van der Waals surface area (Å²) in [5, 5.41) is -0.494. The number of nitrogen functional groups attached to an aromatic ring is 1. The van der Waals surface area contributed by atoms with Crippen LogP contribution in [0.1, 0.15) is 5.56 Å². The van der Waals surface area contributed by atoms with E-state index in [1.807, 2.05) is 17.9 Å². The lowest BCUT2D eigenvalue weighted by molar-refractivity contribution is 0.583. The molecular formula is C11H17N3O2S2. The summed E-state index contributed by atoms with van der Waals surface area (Å²) in [6.07, 6.45) is 2.85. The fraction of sp³-hybridized carbons (Fsp3) is 0.545. The first-order valence-electron chi connectivity index (χ1n) is 5.65. The maximum Gasteiger partial charge on any atom is 0.169 e. The fourth-order valence-corrected chi connectivity index (χ4v) is 4.89. The normalized spacial score (nSPS) is 21.0. The molecule has 2 rings (SSSR count). The number of anilines is 2. The van der Waals surface area contributed by atoms with E-state index in [-0.39, 0.29) is 0 Å². The van der Waals surface area contributed by atoms with Crippen molar-refractivity contribution in [2.24, 2.45) is 0 Å². The number of sulfone groups is 1. The zero-order chi connectivity index (χ0) is 13.3. The predicted octanol–water partition coefficient (Wildman–Crippen LogP) is 0.896. The van der Waals surface area contributed by atoms with Crippen LogP contribution in [-0.4, -0.2) is 43.1 Å². The molecule has 1 unspecified atom stereocenters. The monoisotopic (exact) mass is 287 g/mol. The van der Waals surface area contributed by atoms with Gasteiger partial charge in [0.1, 0.15) is 11.2 Å². The Hall–Kier alpha value is -0.950. The molecule has 1 aliphatic rings. The van der Waals surface area contributed by atoms with Crippen LogP contribution in [0.3, 0.4) is 0 Å². The first-order valence-corrected chi connectivity index (χ1v) is 8.76. The third-order valence-electron chi connectivity index (χ3n) is 2.92. The van der Waals surface area contributed by atoms with Crippen LogP contribution in [0.2, 0.25) is 0 Å². The molecule has 1 saturated heterocycles. The van der Waals surface area contributed by atoms with Crippen molar-refractivity contribution in [1.29, 1.82) is 0 Å². The van der Waals surface area contributed by atoms with E-state index in [1.165, 1.54) is 6.26 Å². The van der Waals surface area contributed by atoms with Crippen molar-refractivity contribution in [2.45, 2.75) is 12.3 Å². The van der Waals surface area contributed by atoms with Gasteiger partial charge in [-0.1, -0.05) is 0 Å². The van der Waals surface area contributed by atoms with Gasteiger partial charge in [-0.25, -0.2) is 13.4 Å². The highest BCUT2D eigenvalue weighted by Gasteiger charge is 2.32. The van der Waals surface area contributed by atoms with Crippen molar-refractivity contribution in [3.63, 3.8) is 0 Å². The minimum Gasteiger partial charge on any atom is -0.397 e. The van der Waals surface area contributed by atoms with Gasteiger partial charge in [0.05, 0.1) is 11.9 Å². The molecule has 2 heterocycles. The maximum atomic E-state index is 11.8. The van der Waals surface area contributed by atoms with Gasteiger partial charge in [0.25, 0.3) is 0 Å². The molecule has 7 heteroatoms. The number of nitrogens with zero attached hydrogens (tertiary/aromatic N) is 2. The molecule has 2 N–H and O–H groups in total. The number of thioether (sulfide) groups is 1. The predicted molar refractivity (Wildman–Crippen MR) is 76.7 cm³/mol. The Bertz CT molecular complexity index is 545. The smallest absolute Gasteiger partial charge is 0.169 e. The van der Waals surface area contributed by atoms with Crippen LogP contribution < -0.4 is 10.6 Å². The highest BCUT2D eigenvalue weighted by atomic mass is 32.2. The maximum absolute atomic E-state index is 11.8. The quantitative estimate of drug-likeness (QED) is 0.871. The van der Waals surface area contributed by atoms with Crippen molar-refractivity contribution >= 4 is 33.1 Å². The molecule has 5 nitrogen and oxygen atoms in total. The minimum absolute atomic E-state index is 0.494. The molecule has 1 fully saturated rings. The molecule has 0 aromatic carbocycles. The highest BCUT2D eigenvalue weighted by molar-refractivity contribution is 8.01. The molecule has 1 aliphatic heterocycles. The molecule has 18 heavy (non-hydrogen) atoms. The van der Waals surface area contributed by atoms with Crippen molar-refractivity contribution < 1.29 is 8.42 Å². The molecule has 0 spiro atoms. The highest BCUT2D eigenvalue weighted by Crippen LogP contribution is 2.28. The van der Waals surface area contributed by atoms with E-state index in [4.69, 9.17) is 5.73 Å². The fourth-order valence-electron chi connectivity index (χ4n) is 2.07. The van der Waals surface area contributed by atoms with Gasteiger partial charge in [-0.05, 0) is 18.6 Å². The Morgan fingerprint density at radius 2 is 2.28 bits per heavy atom. The standard InChI is InChI=1S/C11H17N3O2S2/c1-8-5-9(12)6-13-11(8)14-3-4-17-7-10(14)18(2,15)16/h5-6,10H,3-4,7,12H2,1-2H3. The van der Waals surface area contributed by atoms with E-state index in [1.54, 1.807) is 18.0 Å². The van der Waals surface area contributed by atoms with Gasteiger partial charge in [0, 0.05) is 24.3 Å². The van der Waals surface area contributed by atoms with Crippen LogP contribution in [0, 0.1) is 6.92 Å². The van der Waals surface area contributed by atoms with Crippen LogP contribution in [0.4, 0.5) is 11.5 Å². The Balaban J connectivity index is 2.40. The SMILES string of the molecule is Cc1cc(N)cnc1N1CCSCC1S(C)(=O)=O. The lowest BCUT2D eigenvalue weighted by Crippen LogP contribution is -2.47. The lowest BCUT2D eigenvalue weighted by Gasteiger charge is -2.35. The summed E-state index contributed by atoms with van der Waals surface area (Å²) in [7, 11) is -3.12.